The van der Waals surface area contributed by atoms with E-state index in [9.17, 15) is 0 Å². The second-order valence-corrected chi connectivity index (χ2v) is 3.49. The van der Waals surface area contributed by atoms with Crippen molar-refractivity contribution in [2.45, 2.75) is 5.92 Å². The molecular weight excluding hydrogens is 164 g/mol. The largest absolute Gasteiger partial charge is 0.396 e. The predicted octanol–water partition coefficient (Wildman–Crippen LogP) is 0.377. The van der Waals surface area contributed by atoms with Gasteiger partial charge in [0.25, 0.3) is 0 Å². The highest BCUT2D eigenvalue weighted by molar-refractivity contribution is 5.18. The van der Waals surface area contributed by atoms with Gasteiger partial charge in [-0.3, -0.25) is 4.98 Å². The first-order chi connectivity index (χ1) is 6.42. The molecule has 1 saturated heterocycles. The van der Waals surface area contributed by atoms with Gasteiger partial charge in [0.05, 0.1) is 0 Å². The number of aromatic nitrogens is 1. The molecule has 1 fully saturated rings. The van der Waals surface area contributed by atoms with Crippen molar-refractivity contribution in [3.8, 4) is 0 Å². The Hall–Kier alpha value is -0.930. The zero-order valence-corrected chi connectivity index (χ0v) is 7.48. The Kier molecular flexibility index (Phi) is 2.57. The van der Waals surface area contributed by atoms with Gasteiger partial charge in [-0.15, -0.1) is 0 Å². The number of pyridine rings is 1. The molecule has 3 nitrogen and oxygen atoms in total. The van der Waals surface area contributed by atoms with Gasteiger partial charge in [0.15, 0.2) is 0 Å². The molecule has 2 heterocycles. The second kappa shape index (κ2) is 3.85. The number of hydrogen-bond donors (Lipinski definition) is 2. The van der Waals surface area contributed by atoms with Crippen molar-refractivity contribution in [2.24, 2.45) is 5.92 Å². The molecule has 0 amide bonds. The zero-order valence-electron chi connectivity index (χ0n) is 7.48. The summed E-state index contributed by atoms with van der Waals surface area (Å²) < 4.78 is 0. The summed E-state index contributed by atoms with van der Waals surface area (Å²) in [5.74, 6) is 0.780. The maximum atomic E-state index is 9.14. The van der Waals surface area contributed by atoms with E-state index in [1.165, 1.54) is 5.56 Å². The smallest absolute Gasteiger partial charge is 0.0477 e. The molecule has 0 aromatic carbocycles. The zero-order chi connectivity index (χ0) is 9.10. The first-order valence-corrected chi connectivity index (χ1v) is 4.63. The number of rotatable bonds is 2. The molecule has 0 bridgehead atoms. The molecule has 0 aliphatic carbocycles. The number of nitrogens with zero attached hydrogens (tertiary/aromatic N) is 1. The van der Waals surface area contributed by atoms with Crippen LogP contribution in [0.1, 0.15) is 11.5 Å². The van der Waals surface area contributed by atoms with Gasteiger partial charge in [-0.05, 0) is 11.6 Å². The third kappa shape index (κ3) is 1.71. The third-order valence-electron chi connectivity index (χ3n) is 2.69. The molecule has 0 spiro atoms. The van der Waals surface area contributed by atoms with E-state index >= 15 is 0 Å². The van der Waals surface area contributed by atoms with Crippen molar-refractivity contribution in [3.05, 3.63) is 30.1 Å². The van der Waals surface area contributed by atoms with Crippen LogP contribution in [0.2, 0.25) is 0 Å². The molecular formula is C10H14N2O. The highest BCUT2D eigenvalue weighted by Crippen LogP contribution is 2.26. The maximum Gasteiger partial charge on any atom is 0.0477 e. The standard InChI is InChI=1S/C10H14N2O/c13-7-9-5-12-6-10(9)8-2-1-3-11-4-8/h1-4,9-10,12-13H,5-7H2/t9-,10-/m1/s1. The summed E-state index contributed by atoms with van der Waals surface area (Å²) in [7, 11) is 0. The predicted molar refractivity (Wildman–Crippen MR) is 50.4 cm³/mol. The fourth-order valence-corrected chi connectivity index (χ4v) is 1.91. The van der Waals surface area contributed by atoms with Gasteiger partial charge in [0, 0.05) is 43.9 Å². The van der Waals surface area contributed by atoms with Crippen LogP contribution in [0.25, 0.3) is 0 Å². The first kappa shape index (κ1) is 8.66. The van der Waals surface area contributed by atoms with Gasteiger partial charge in [-0.2, -0.15) is 0 Å². The highest BCUT2D eigenvalue weighted by Gasteiger charge is 2.27. The summed E-state index contributed by atoms with van der Waals surface area (Å²) in [5, 5.41) is 12.4. The average Bonchev–Trinajstić information content (AvgIpc) is 2.67. The Bertz CT molecular complexity index is 263. The van der Waals surface area contributed by atoms with Crippen LogP contribution in [0.15, 0.2) is 24.5 Å². The highest BCUT2D eigenvalue weighted by atomic mass is 16.3. The van der Waals surface area contributed by atoms with Gasteiger partial charge in [0.2, 0.25) is 0 Å². The van der Waals surface area contributed by atoms with Crippen LogP contribution in [0.4, 0.5) is 0 Å². The van der Waals surface area contributed by atoms with Crippen LogP contribution in [-0.4, -0.2) is 29.8 Å². The topological polar surface area (TPSA) is 45.1 Å². The molecule has 13 heavy (non-hydrogen) atoms. The molecule has 1 aromatic heterocycles. The number of hydrogen-bond acceptors (Lipinski definition) is 3. The van der Waals surface area contributed by atoms with Crippen LogP contribution in [0, 0.1) is 5.92 Å². The minimum atomic E-state index is 0.257. The molecule has 70 valence electrons. The van der Waals surface area contributed by atoms with Crippen molar-refractivity contribution in [1.82, 2.24) is 10.3 Å². The summed E-state index contributed by atoms with van der Waals surface area (Å²) in [4.78, 5) is 4.09. The van der Waals surface area contributed by atoms with Gasteiger partial charge in [0.1, 0.15) is 0 Å². The Morgan fingerprint density at radius 2 is 2.46 bits per heavy atom. The summed E-state index contributed by atoms with van der Waals surface area (Å²) in [6.07, 6.45) is 3.67. The van der Waals surface area contributed by atoms with Crippen molar-refractivity contribution in [2.75, 3.05) is 19.7 Å². The van der Waals surface area contributed by atoms with Crippen molar-refractivity contribution in [1.29, 1.82) is 0 Å². The number of aliphatic hydroxyl groups is 1. The molecule has 2 N–H and O–H groups in total. The SMILES string of the molecule is OC[C@H]1CNC[C@@H]1c1cccnc1. The number of nitrogens with one attached hydrogen (secondary N) is 1. The first-order valence-electron chi connectivity index (χ1n) is 4.63. The minimum Gasteiger partial charge on any atom is -0.396 e. The Balaban J connectivity index is 2.16. The molecule has 0 unspecified atom stereocenters. The lowest BCUT2D eigenvalue weighted by atomic mass is 9.91. The van der Waals surface area contributed by atoms with E-state index in [0.717, 1.165) is 13.1 Å². The van der Waals surface area contributed by atoms with E-state index in [1.807, 2.05) is 12.3 Å². The third-order valence-corrected chi connectivity index (χ3v) is 2.69. The maximum absolute atomic E-state index is 9.14. The summed E-state index contributed by atoms with van der Waals surface area (Å²) in [5.41, 5.74) is 1.23. The lowest BCUT2D eigenvalue weighted by molar-refractivity contribution is 0.226. The van der Waals surface area contributed by atoms with Gasteiger partial charge < -0.3 is 10.4 Å². The van der Waals surface area contributed by atoms with Crippen LogP contribution in [0.5, 0.6) is 0 Å². The van der Waals surface area contributed by atoms with Gasteiger partial charge in [-0.25, -0.2) is 0 Å². The van der Waals surface area contributed by atoms with Crippen molar-refractivity contribution >= 4 is 0 Å². The monoisotopic (exact) mass is 178 g/mol. The molecule has 2 rings (SSSR count). The van der Waals surface area contributed by atoms with Crippen LogP contribution >= 0.6 is 0 Å². The van der Waals surface area contributed by atoms with E-state index in [0.29, 0.717) is 11.8 Å². The average molecular weight is 178 g/mol. The summed E-state index contributed by atoms with van der Waals surface area (Å²) >= 11 is 0. The number of aliphatic hydroxyl groups excluding tert-OH is 1. The molecule has 0 saturated carbocycles. The minimum absolute atomic E-state index is 0.257. The lowest BCUT2D eigenvalue weighted by Gasteiger charge is -2.15. The van der Waals surface area contributed by atoms with Crippen molar-refractivity contribution < 1.29 is 5.11 Å². The Morgan fingerprint density at radius 1 is 1.54 bits per heavy atom. The van der Waals surface area contributed by atoms with Crippen LogP contribution in [0.3, 0.4) is 0 Å². The molecule has 1 aromatic rings. The summed E-state index contributed by atoms with van der Waals surface area (Å²) in [6, 6.07) is 4.02. The molecule has 2 atom stereocenters. The van der Waals surface area contributed by atoms with Crippen molar-refractivity contribution in [3.63, 3.8) is 0 Å². The molecule has 3 heteroatoms. The fraction of sp³-hybridized carbons (Fsp3) is 0.500. The van der Waals surface area contributed by atoms with E-state index in [-0.39, 0.29) is 6.61 Å². The second-order valence-electron chi connectivity index (χ2n) is 3.49. The molecule has 1 aliphatic heterocycles. The van der Waals surface area contributed by atoms with Crippen LogP contribution < -0.4 is 5.32 Å². The van der Waals surface area contributed by atoms with E-state index in [2.05, 4.69) is 16.4 Å². The van der Waals surface area contributed by atoms with E-state index in [1.54, 1.807) is 6.20 Å². The van der Waals surface area contributed by atoms with Gasteiger partial charge >= 0.3 is 0 Å². The van der Waals surface area contributed by atoms with E-state index in [4.69, 9.17) is 5.11 Å². The Labute approximate surface area is 77.8 Å². The summed E-state index contributed by atoms with van der Waals surface area (Å²) in [6.45, 7) is 2.12. The molecule has 0 radical (unpaired) electrons. The van der Waals surface area contributed by atoms with E-state index < -0.39 is 0 Å². The normalized spacial score (nSPS) is 27.8. The molecule has 1 aliphatic rings. The van der Waals surface area contributed by atoms with Crippen LogP contribution in [-0.2, 0) is 0 Å². The Morgan fingerprint density at radius 3 is 3.15 bits per heavy atom. The lowest BCUT2D eigenvalue weighted by Crippen LogP contribution is -2.14. The fourth-order valence-electron chi connectivity index (χ4n) is 1.91. The van der Waals surface area contributed by atoms with Gasteiger partial charge in [-0.1, -0.05) is 6.07 Å². The quantitative estimate of drug-likeness (QED) is 0.688.